The van der Waals surface area contributed by atoms with Crippen LogP contribution in [0.5, 0.6) is 0 Å². The standard InChI is InChI=1S/C18H24FN3/c1-2-20-17(22-16-5-3-4-6-16)21-13-18(11-12-18)14-7-9-15(19)10-8-14/h3-4,7-10,16H,2,5-6,11-13H2,1H3,(H2,20,21,22). The highest BCUT2D eigenvalue weighted by Gasteiger charge is 2.44. The summed E-state index contributed by atoms with van der Waals surface area (Å²) in [6, 6.07) is 7.36. The van der Waals surface area contributed by atoms with Gasteiger partial charge in [-0.15, -0.1) is 0 Å². The molecular formula is C18H24FN3. The summed E-state index contributed by atoms with van der Waals surface area (Å²) in [5.74, 6) is 0.719. The Labute approximate surface area is 131 Å². The van der Waals surface area contributed by atoms with Crippen molar-refractivity contribution in [2.24, 2.45) is 4.99 Å². The molecule has 0 unspecified atom stereocenters. The number of aliphatic imine (C=N–C) groups is 1. The predicted molar refractivity (Wildman–Crippen MR) is 88.6 cm³/mol. The first-order chi connectivity index (χ1) is 10.7. The van der Waals surface area contributed by atoms with Gasteiger partial charge in [-0.05, 0) is 50.3 Å². The van der Waals surface area contributed by atoms with Crippen LogP contribution in [0.4, 0.5) is 4.39 Å². The van der Waals surface area contributed by atoms with Crippen LogP contribution in [-0.2, 0) is 5.41 Å². The second-order valence-electron chi connectivity index (χ2n) is 6.27. The van der Waals surface area contributed by atoms with E-state index in [4.69, 9.17) is 4.99 Å². The van der Waals surface area contributed by atoms with Gasteiger partial charge < -0.3 is 10.6 Å². The average Bonchev–Trinajstić information content (AvgIpc) is 3.14. The summed E-state index contributed by atoms with van der Waals surface area (Å²) >= 11 is 0. The van der Waals surface area contributed by atoms with E-state index in [1.807, 2.05) is 12.1 Å². The molecule has 0 atom stereocenters. The molecule has 1 aromatic rings. The molecule has 3 nitrogen and oxygen atoms in total. The SMILES string of the molecule is CCNC(=NCC1(c2ccc(F)cc2)CC1)NC1CC=CC1. The molecule has 0 aromatic heterocycles. The van der Waals surface area contributed by atoms with Crippen LogP contribution in [0.15, 0.2) is 41.4 Å². The van der Waals surface area contributed by atoms with Crippen molar-refractivity contribution in [2.75, 3.05) is 13.1 Å². The molecule has 3 rings (SSSR count). The van der Waals surface area contributed by atoms with Gasteiger partial charge in [-0.1, -0.05) is 24.3 Å². The topological polar surface area (TPSA) is 36.4 Å². The van der Waals surface area contributed by atoms with Gasteiger partial charge in [0.1, 0.15) is 5.82 Å². The minimum absolute atomic E-state index is 0.115. The maximum absolute atomic E-state index is 13.1. The maximum Gasteiger partial charge on any atom is 0.191 e. The maximum atomic E-state index is 13.1. The summed E-state index contributed by atoms with van der Waals surface area (Å²) in [5, 5.41) is 6.82. The predicted octanol–water partition coefficient (Wildman–Crippen LogP) is 3.13. The number of benzene rings is 1. The molecule has 4 heteroatoms. The van der Waals surface area contributed by atoms with E-state index in [9.17, 15) is 4.39 Å². The third kappa shape index (κ3) is 3.49. The third-order valence-corrected chi connectivity index (χ3v) is 4.54. The summed E-state index contributed by atoms with van der Waals surface area (Å²) in [6.07, 6.45) is 8.81. The normalized spacial score (nSPS) is 20.2. The van der Waals surface area contributed by atoms with Crippen LogP contribution >= 0.6 is 0 Å². The molecule has 22 heavy (non-hydrogen) atoms. The number of halogens is 1. The van der Waals surface area contributed by atoms with Crippen LogP contribution in [0.25, 0.3) is 0 Å². The van der Waals surface area contributed by atoms with Crippen molar-refractivity contribution in [3.8, 4) is 0 Å². The van der Waals surface area contributed by atoms with Crippen LogP contribution in [0, 0.1) is 5.82 Å². The van der Waals surface area contributed by atoms with Gasteiger partial charge in [-0.3, -0.25) is 4.99 Å². The molecule has 1 fully saturated rings. The van der Waals surface area contributed by atoms with Gasteiger partial charge in [-0.2, -0.15) is 0 Å². The molecule has 1 saturated carbocycles. The molecule has 0 radical (unpaired) electrons. The van der Waals surface area contributed by atoms with Crippen molar-refractivity contribution in [2.45, 2.75) is 44.1 Å². The zero-order valence-corrected chi connectivity index (χ0v) is 13.1. The van der Waals surface area contributed by atoms with Crippen molar-refractivity contribution in [1.29, 1.82) is 0 Å². The zero-order valence-electron chi connectivity index (χ0n) is 13.1. The summed E-state index contributed by atoms with van der Waals surface area (Å²) in [6.45, 7) is 3.70. The molecule has 0 heterocycles. The van der Waals surface area contributed by atoms with E-state index in [0.717, 1.165) is 44.7 Å². The van der Waals surface area contributed by atoms with Crippen LogP contribution in [0.1, 0.15) is 38.2 Å². The van der Waals surface area contributed by atoms with Crippen molar-refractivity contribution >= 4 is 5.96 Å². The van der Waals surface area contributed by atoms with Gasteiger partial charge >= 0.3 is 0 Å². The number of rotatable bonds is 5. The summed E-state index contributed by atoms with van der Waals surface area (Å²) in [4.78, 5) is 4.78. The lowest BCUT2D eigenvalue weighted by atomic mass is 9.96. The first-order valence-corrected chi connectivity index (χ1v) is 8.18. The van der Waals surface area contributed by atoms with Crippen LogP contribution in [0.3, 0.4) is 0 Å². The van der Waals surface area contributed by atoms with Crippen molar-refractivity contribution in [3.63, 3.8) is 0 Å². The Balaban J connectivity index is 1.65. The van der Waals surface area contributed by atoms with Crippen molar-refractivity contribution < 1.29 is 4.39 Å². The highest BCUT2D eigenvalue weighted by Crippen LogP contribution is 2.48. The van der Waals surface area contributed by atoms with Gasteiger partial charge in [0.15, 0.2) is 5.96 Å². The minimum Gasteiger partial charge on any atom is -0.357 e. The van der Waals surface area contributed by atoms with Crippen LogP contribution in [0.2, 0.25) is 0 Å². The molecule has 2 aliphatic rings. The lowest BCUT2D eigenvalue weighted by Crippen LogP contribution is -2.42. The Hall–Kier alpha value is -1.84. The van der Waals surface area contributed by atoms with Gasteiger partial charge in [0.2, 0.25) is 0 Å². The molecule has 2 N–H and O–H groups in total. The van der Waals surface area contributed by atoms with Gasteiger partial charge in [0.25, 0.3) is 0 Å². The zero-order chi connectivity index (χ0) is 15.4. The summed E-state index contributed by atoms with van der Waals surface area (Å²) in [7, 11) is 0. The number of hydrogen-bond donors (Lipinski definition) is 2. The minimum atomic E-state index is -0.174. The first kappa shape index (κ1) is 15.1. The molecule has 0 aliphatic heterocycles. The number of nitrogens with one attached hydrogen (secondary N) is 2. The number of hydrogen-bond acceptors (Lipinski definition) is 1. The highest BCUT2D eigenvalue weighted by molar-refractivity contribution is 5.80. The fraction of sp³-hybridized carbons (Fsp3) is 0.500. The first-order valence-electron chi connectivity index (χ1n) is 8.18. The van der Waals surface area contributed by atoms with Crippen molar-refractivity contribution in [1.82, 2.24) is 10.6 Å². The average molecular weight is 301 g/mol. The van der Waals surface area contributed by atoms with E-state index >= 15 is 0 Å². The van der Waals surface area contributed by atoms with E-state index in [1.165, 1.54) is 5.56 Å². The Morgan fingerprint density at radius 3 is 2.50 bits per heavy atom. The lowest BCUT2D eigenvalue weighted by molar-refractivity contribution is 0.618. The second-order valence-corrected chi connectivity index (χ2v) is 6.27. The Bertz CT molecular complexity index is 550. The van der Waals surface area contributed by atoms with E-state index < -0.39 is 0 Å². The second kappa shape index (κ2) is 6.51. The van der Waals surface area contributed by atoms with Crippen molar-refractivity contribution in [3.05, 3.63) is 47.8 Å². The van der Waals surface area contributed by atoms with E-state index in [1.54, 1.807) is 12.1 Å². The molecule has 118 valence electrons. The largest absolute Gasteiger partial charge is 0.357 e. The molecule has 0 amide bonds. The fourth-order valence-corrected chi connectivity index (χ4v) is 2.97. The smallest absolute Gasteiger partial charge is 0.191 e. The molecule has 0 saturated heterocycles. The van der Waals surface area contributed by atoms with E-state index in [2.05, 4.69) is 29.7 Å². The third-order valence-electron chi connectivity index (χ3n) is 4.54. The Kier molecular flexibility index (Phi) is 4.46. The quantitative estimate of drug-likeness (QED) is 0.498. The van der Waals surface area contributed by atoms with E-state index in [0.29, 0.717) is 6.04 Å². The summed E-state index contributed by atoms with van der Waals surface area (Å²) < 4.78 is 13.1. The Morgan fingerprint density at radius 1 is 1.23 bits per heavy atom. The lowest BCUT2D eigenvalue weighted by Gasteiger charge is -2.19. The molecule has 0 bridgehead atoms. The number of nitrogens with zero attached hydrogens (tertiary/aromatic N) is 1. The highest BCUT2D eigenvalue weighted by atomic mass is 19.1. The monoisotopic (exact) mass is 301 g/mol. The molecule has 0 spiro atoms. The molecule has 1 aromatic carbocycles. The van der Waals surface area contributed by atoms with Gasteiger partial charge in [-0.25, -0.2) is 4.39 Å². The molecular weight excluding hydrogens is 277 g/mol. The number of guanidine groups is 1. The van der Waals surface area contributed by atoms with Gasteiger partial charge in [0.05, 0.1) is 6.54 Å². The van der Waals surface area contributed by atoms with Gasteiger partial charge in [0, 0.05) is 18.0 Å². The van der Waals surface area contributed by atoms with Crippen LogP contribution in [-0.4, -0.2) is 25.1 Å². The Morgan fingerprint density at radius 2 is 1.91 bits per heavy atom. The van der Waals surface area contributed by atoms with E-state index in [-0.39, 0.29) is 11.2 Å². The fourth-order valence-electron chi connectivity index (χ4n) is 2.97. The van der Waals surface area contributed by atoms with Crippen LogP contribution < -0.4 is 10.6 Å². The molecule has 2 aliphatic carbocycles. The summed E-state index contributed by atoms with van der Waals surface area (Å²) in [5.41, 5.74) is 1.32.